The van der Waals surface area contributed by atoms with Crippen molar-refractivity contribution in [2.75, 3.05) is 4.72 Å². The van der Waals surface area contributed by atoms with Crippen LogP contribution in [0, 0.1) is 0 Å². The SMILES string of the molecule is O=C(Cc1ccccc1)Cc1ccccc1NS(=O)(=O)c1ccc2ccccc2c1. The zero-order valence-electron chi connectivity index (χ0n) is 16.3. The lowest BCUT2D eigenvalue weighted by molar-refractivity contribution is -0.117. The smallest absolute Gasteiger partial charge is 0.261 e. The number of carbonyl (C=O) groups is 1. The third-order valence-electron chi connectivity index (χ3n) is 4.92. The van der Waals surface area contributed by atoms with Crippen molar-refractivity contribution in [3.05, 3.63) is 108 Å². The van der Waals surface area contributed by atoms with Crippen LogP contribution in [0.25, 0.3) is 10.8 Å². The molecule has 0 atom stereocenters. The van der Waals surface area contributed by atoms with E-state index < -0.39 is 10.0 Å². The van der Waals surface area contributed by atoms with Crippen molar-refractivity contribution in [2.24, 2.45) is 0 Å². The average Bonchev–Trinajstić information content (AvgIpc) is 2.75. The van der Waals surface area contributed by atoms with Gasteiger partial charge in [0.15, 0.2) is 0 Å². The number of nitrogens with one attached hydrogen (secondary N) is 1. The highest BCUT2D eigenvalue weighted by Crippen LogP contribution is 2.24. The van der Waals surface area contributed by atoms with Gasteiger partial charge in [0.1, 0.15) is 5.78 Å². The van der Waals surface area contributed by atoms with Gasteiger partial charge in [-0.15, -0.1) is 0 Å². The van der Waals surface area contributed by atoms with E-state index in [1.54, 1.807) is 42.5 Å². The highest BCUT2D eigenvalue weighted by molar-refractivity contribution is 7.92. The van der Waals surface area contributed by atoms with Gasteiger partial charge < -0.3 is 0 Å². The topological polar surface area (TPSA) is 63.2 Å². The Morgan fingerprint density at radius 3 is 2.17 bits per heavy atom. The predicted molar refractivity (Wildman–Crippen MR) is 120 cm³/mol. The maximum Gasteiger partial charge on any atom is 0.261 e. The van der Waals surface area contributed by atoms with Gasteiger partial charge in [-0.3, -0.25) is 9.52 Å². The molecule has 0 saturated carbocycles. The minimum absolute atomic E-state index is 0.0264. The molecule has 0 saturated heterocycles. The van der Waals surface area contributed by atoms with Crippen molar-refractivity contribution in [1.82, 2.24) is 0 Å². The normalized spacial score (nSPS) is 11.3. The van der Waals surface area contributed by atoms with Gasteiger partial charge in [0.05, 0.1) is 10.6 Å². The lowest BCUT2D eigenvalue weighted by atomic mass is 10.0. The molecule has 0 unspecified atom stereocenters. The molecule has 5 heteroatoms. The monoisotopic (exact) mass is 415 g/mol. The predicted octanol–water partition coefficient (Wildman–Crippen LogP) is 4.99. The Morgan fingerprint density at radius 2 is 1.37 bits per heavy atom. The molecule has 0 aromatic heterocycles. The second-order valence-corrected chi connectivity index (χ2v) is 8.83. The molecular weight excluding hydrogens is 394 g/mol. The highest BCUT2D eigenvalue weighted by Gasteiger charge is 2.17. The van der Waals surface area contributed by atoms with Gasteiger partial charge >= 0.3 is 0 Å². The molecule has 0 aliphatic rings. The van der Waals surface area contributed by atoms with Crippen LogP contribution in [0.4, 0.5) is 5.69 Å². The number of hydrogen-bond donors (Lipinski definition) is 1. The van der Waals surface area contributed by atoms with Gasteiger partial charge in [-0.05, 0) is 40.1 Å². The van der Waals surface area contributed by atoms with Gasteiger partial charge in [-0.2, -0.15) is 0 Å². The molecule has 4 rings (SSSR count). The summed E-state index contributed by atoms with van der Waals surface area (Å²) in [6.45, 7) is 0. The first-order chi connectivity index (χ1) is 14.5. The maximum atomic E-state index is 13.0. The van der Waals surface area contributed by atoms with Crippen molar-refractivity contribution in [2.45, 2.75) is 17.7 Å². The van der Waals surface area contributed by atoms with Crippen molar-refractivity contribution in [1.29, 1.82) is 0 Å². The van der Waals surface area contributed by atoms with Gasteiger partial charge in [0, 0.05) is 12.8 Å². The van der Waals surface area contributed by atoms with E-state index >= 15 is 0 Å². The van der Waals surface area contributed by atoms with Crippen molar-refractivity contribution in [3.8, 4) is 0 Å². The van der Waals surface area contributed by atoms with Crippen molar-refractivity contribution >= 4 is 32.3 Å². The van der Waals surface area contributed by atoms with Crippen LogP contribution in [0.2, 0.25) is 0 Å². The Bertz CT molecular complexity index is 1300. The summed E-state index contributed by atoms with van der Waals surface area (Å²) in [5, 5.41) is 1.83. The van der Waals surface area contributed by atoms with Crippen LogP contribution in [0.15, 0.2) is 102 Å². The molecule has 150 valence electrons. The molecule has 30 heavy (non-hydrogen) atoms. The number of carbonyl (C=O) groups excluding carboxylic acids is 1. The van der Waals surface area contributed by atoms with Crippen LogP contribution in [0.3, 0.4) is 0 Å². The Labute approximate surface area is 176 Å². The summed E-state index contributed by atoms with van der Waals surface area (Å²) < 4.78 is 28.6. The van der Waals surface area contributed by atoms with E-state index in [9.17, 15) is 13.2 Å². The Morgan fingerprint density at radius 1 is 0.700 bits per heavy atom. The standard InChI is InChI=1S/C25H21NO3S/c27-23(16-19-8-2-1-3-9-19)17-22-12-6-7-13-25(22)26-30(28,29)24-15-14-20-10-4-5-11-21(20)18-24/h1-15,18,26H,16-17H2. The lowest BCUT2D eigenvalue weighted by Crippen LogP contribution is -2.15. The van der Waals surface area contributed by atoms with Gasteiger partial charge in [0.25, 0.3) is 10.0 Å². The lowest BCUT2D eigenvalue weighted by Gasteiger charge is -2.13. The first kappa shape index (κ1) is 19.9. The second kappa shape index (κ2) is 8.51. The van der Waals surface area contributed by atoms with Gasteiger partial charge in [0.2, 0.25) is 0 Å². The summed E-state index contributed by atoms with van der Waals surface area (Å²) in [7, 11) is -3.78. The summed E-state index contributed by atoms with van der Waals surface area (Å²) >= 11 is 0. The summed E-state index contributed by atoms with van der Waals surface area (Å²) in [4.78, 5) is 12.7. The van der Waals surface area contributed by atoms with E-state index in [0.29, 0.717) is 17.7 Å². The van der Waals surface area contributed by atoms with Crippen LogP contribution in [0.5, 0.6) is 0 Å². The molecule has 0 spiro atoms. The fraction of sp³-hybridized carbons (Fsp3) is 0.0800. The molecule has 0 aliphatic heterocycles. The number of ketones is 1. The number of fused-ring (bicyclic) bond motifs is 1. The molecule has 4 aromatic rings. The fourth-order valence-electron chi connectivity index (χ4n) is 3.41. The van der Waals surface area contributed by atoms with E-state index in [2.05, 4.69) is 4.72 Å². The number of benzene rings is 4. The maximum absolute atomic E-state index is 13.0. The molecule has 0 bridgehead atoms. The quantitative estimate of drug-likeness (QED) is 0.462. The number of Topliss-reactive ketones (excluding diaryl/α,β-unsaturated/α-hetero) is 1. The summed E-state index contributed by atoms with van der Waals surface area (Å²) in [5.74, 6) is 0.0264. The fourth-order valence-corrected chi connectivity index (χ4v) is 4.55. The zero-order chi connectivity index (χ0) is 21.0. The summed E-state index contributed by atoms with van der Waals surface area (Å²) in [6, 6.07) is 29.2. The third-order valence-corrected chi connectivity index (χ3v) is 6.29. The third kappa shape index (κ3) is 4.58. The van der Waals surface area contributed by atoms with Crippen LogP contribution < -0.4 is 4.72 Å². The molecule has 0 radical (unpaired) electrons. The molecule has 4 nitrogen and oxygen atoms in total. The Hall–Kier alpha value is -3.44. The van der Waals surface area contributed by atoms with Crippen LogP contribution in [0.1, 0.15) is 11.1 Å². The van der Waals surface area contributed by atoms with E-state index in [1.165, 1.54) is 0 Å². The van der Waals surface area contributed by atoms with E-state index in [4.69, 9.17) is 0 Å². The van der Waals surface area contributed by atoms with E-state index in [1.807, 2.05) is 54.6 Å². The highest BCUT2D eigenvalue weighted by atomic mass is 32.2. The Balaban J connectivity index is 1.56. The molecule has 0 fully saturated rings. The number of sulfonamides is 1. The number of para-hydroxylation sites is 1. The number of anilines is 1. The molecule has 0 heterocycles. The molecular formula is C25H21NO3S. The largest absolute Gasteiger partial charge is 0.299 e. The van der Waals surface area contributed by atoms with Crippen LogP contribution in [-0.4, -0.2) is 14.2 Å². The van der Waals surface area contributed by atoms with E-state index in [-0.39, 0.29) is 17.1 Å². The molecule has 0 amide bonds. The summed E-state index contributed by atoms with van der Waals surface area (Å²) in [6.07, 6.45) is 0.470. The molecule has 1 N–H and O–H groups in total. The minimum Gasteiger partial charge on any atom is -0.299 e. The van der Waals surface area contributed by atoms with Crippen molar-refractivity contribution < 1.29 is 13.2 Å². The number of rotatable bonds is 7. The second-order valence-electron chi connectivity index (χ2n) is 7.15. The van der Waals surface area contributed by atoms with Crippen molar-refractivity contribution in [3.63, 3.8) is 0 Å². The molecule has 4 aromatic carbocycles. The zero-order valence-corrected chi connectivity index (χ0v) is 17.1. The first-order valence-electron chi connectivity index (χ1n) is 9.66. The average molecular weight is 416 g/mol. The summed E-state index contributed by atoms with van der Waals surface area (Å²) in [5.41, 5.74) is 2.02. The number of hydrogen-bond acceptors (Lipinski definition) is 3. The Kier molecular flexibility index (Phi) is 5.63. The minimum atomic E-state index is -3.78. The van der Waals surface area contributed by atoms with Gasteiger partial charge in [-0.25, -0.2) is 8.42 Å². The van der Waals surface area contributed by atoms with E-state index in [0.717, 1.165) is 16.3 Å². The van der Waals surface area contributed by atoms with Crippen LogP contribution in [-0.2, 0) is 27.7 Å². The van der Waals surface area contributed by atoms with Crippen LogP contribution >= 0.6 is 0 Å². The molecule has 0 aliphatic carbocycles. The first-order valence-corrected chi connectivity index (χ1v) is 11.1. The van der Waals surface area contributed by atoms with Gasteiger partial charge in [-0.1, -0.05) is 78.9 Å².